The lowest BCUT2D eigenvalue weighted by Crippen LogP contribution is -2.17. The van der Waals surface area contributed by atoms with Crippen molar-refractivity contribution in [3.05, 3.63) is 47.9 Å². The van der Waals surface area contributed by atoms with Gasteiger partial charge in [-0.25, -0.2) is 13.1 Å². The molecule has 0 unspecified atom stereocenters. The van der Waals surface area contributed by atoms with Gasteiger partial charge in [0, 0.05) is 19.5 Å². The third-order valence-electron chi connectivity index (χ3n) is 5.16. The number of rotatable bonds is 7. The van der Waals surface area contributed by atoms with Crippen molar-refractivity contribution in [3.8, 4) is 5.69 Å². The Morgan fingerprint density at radius 2 is 2.03 bits per heavy atom. The molecule has 164 valence electrons. The molecule has 1 aliphatic rings. The SMILES string of the molecule is Cc1cc(NC(=O)CSc2nnc(C[C@H]3CCS(=O)(=O)C3)n2C)n(-c2ccccc2)n1. The standard InChI is InChI=1S/C20H24N6O3S2/c1-14-10-17(26(24-14)16-6-4-3-5-7-16)21-19(27)12-30-20-23-22-18(25(20)2)11-15-8-9-31(28,29)13-15/h3-7,10,15H,8-9,11-13H2,1-2H3,(H,21,27)/t15-/m1/s1. The fourth-order valence-electron chi connectivity index (χ4n) is 3.60. The van der Waals surface area contributed by atoms with Crippen molar-refractivity contribution in [1.29, 1.82) is 0 Å². The van der Waals surface area contributed by atoms with E-state index >= 15 is 0 Å². The Balaban J connectivity index is 1.37. The van der Waals surface area contributed by atoms with E-state index in [0.717, 1.165) is 17.2 Å². The highest BCUT2D eigenvalue weighted by molar-refractivity contribution is 7.99. The van der Waals surface area contributed by atoms with E-state index in [-0.39, 0.29) is 29.1 Å². The van der Waals surface area contributed by atoms with Gasteiger partial charge in [-0.15, -0.1) is 10.2 Å². The second kappa shape index (κ2) is 8.83. The van der Waals surface area contributed by atoms with Crippen LogP contribution in [0.5, 0.6) is 0 Å². The van der Waals surface area contributed by atoms with Crippen molar-refractivity contribution >= 4 is 33.3 Å². The molecule has 4 rings (SSSR count). The molecule has 1 atom stereocenters. The van der Waals surface area contributed by atoms with E-state index in [1.807, 2.05) is 54.9 Å². The summed E-state index contributed by atoms with van der Waals surface area (Å²) in [5.74, 6) is 1.88. The number of hydrogen-bond acceptors (Lipinski definition) is 7. The summed E-state index contributed by atoms with van der Waals surface area (Å²) >= 11 is 1.29. The average molecular weight is 461 g/mol. The monoisotopic (exact) mass is 460 g/mol. The summed E-state index contributed by atoms with van der Waals surface area (Å²) in [6.07, 6.45) is 1.24. The molecule has 1 amide bonds. The van der Waals surface area contributed by atoms with Gasteiger partial charge < -0.3 is 9.88 Å². The molecule has 0 bridgehead atoms. The highest BCUT2D eigenvalue weighted by atomic mass is 32.2. The molecule has 1 saturated heterocycles. The first-order valence-corrected chi connectivity index (χ1v) is 12.7. The minimum atomic E-state index is -2.92. The van der Waals surface area contributed by atoms with Crippen LogP contribution in [-0.4, -0.2) is 56.1 Å². The molecule has 0 saturated carbocycles. The Morgan fingerprint density at radius 3 is 2.74 bits per heavy atom. The van der Waals surface area contributed by atoms with E-state index in [2.05, 4.69) is 20.6 Å². The zero-order valence-electron chi connectivity index (χ0n) is 17.4. The van der Waals surface area contributed by atoms with Gasteiger partial charge in [-0.3, -0.25) is 4.79 Å². The Hall–Kier alpha value is -2.66. The summed E-state index contributed by atoms with van der Waals surface area (Å²) in [5.41, 5.74) is 1.67. The van der Waals surface area contributed by atoms with Crippen LogP contribution in [-0.2, 0) is 28.1 Å². The molecule has 1 aliphatic heterocycles. The smallest absolute Gasteiger partial charge is 0.236 e. The van der Waals surface area contributed by atoms with Gasteiger partial charge in [-0.1, -0.05) is 30.0 Å². The summed E-state index contributed by atoms with van der Waals surface area (Å²) in [7, 11) is -1.08. The molecule has 11 heteroatoms. The van der Waals surface area contributed by atoms with E-state index in [0.29, 0.717) is 23.8 Å². The number of sulfone groups is 1. The van der Waals surface area contributed by atoms with Gasteiger partial charge in [0.1, 0.15) is 11.6 Å². The molecular formula is C20H24N6O3S2. The first-order valence-electron chi connectivity index (χ1n) is 9.94. The quantitative estimate of drug-likeness (QED) is 0.537. The van der Waals surface area contributed by atoms with E-state index in [1.54, 1.807) is 4.68 Å². The number of benzene rings is 1. The second-order valence-electron chi connectivity index (χ2n) is 7.69. The topological polar surface area (TPSA) is 112 Å². The normalized spacial score (nSPS) is 17.7. The number of para-hydroxylation sites is 1. The fourth-order valence-corrected chi connectivity index (χ4v) is 6.20. The minimum absolute atomic E-state index is 0.0792. The fraction of sp³-hybridized carbons (Fsp3) is 0.400. The van der Waals surface area contributed by atoms with Gasteiger partial charge in [0.05, 0.1) is 28.6 Å². The highest BCUT2D eigenvalue weighted by Crippen LogP contribution is 2.24. The van der Waals surface area contributed by atoms with Crippen LogP contribution in [0.4, 0.5) is 5.82 Å². The number of nitrogens with zero attached hydrogens (tertiary/aromatic N) is 5. The summed E-state index contributed by atoms with van der Waals surface area (Å²) in [4.78, 5) is 12.5. The van der Waals surface area contributed by atoms with Crippen molar-refractivity contribution in [2.75, 3.05) is 22.6 Å². The highest BCUT2D eigenvalue weighted by Gasteiger charge is 2.29. The van der Waals surface area contributed by atoms with Crippen LogP contribution in [0.15, 0.2) is 41.6 Å². The lowest BCUT2D eigenvalue weighted by Gasteiger charge is -2.09. The largest absolute Gasteiger partial charge is 0.310 e. The molecule has 1 N–H and O–H groups in total. The van der Waals surface area contributed by atoms with Crippen LogP contribution in [0.3, 0.4) is 0 Å². The van der Waals surface area contributed by atoms with Crippen molar-refractivity contribution in [1.82, 2.24) is 24.5 Å². The summed E-state index contributed by atoms with van der Waals surface area (Å²) in [6.45, 7) is 1.88. The number of aryl methyl sites for hydroxylation is 1. The van der Waals surface area contributed by atoms with Gasteiger partial charge in [0.2, 0.25) is 5.91 Å². The molecule has 0 spiro atoms. The number of hydrogen-bond donors (Lipinski definition) is 1. The van der Waals surface area contributed by atoms with Crippen molar-refractivity contribution in [2.45, 2.75) is 24.9 Å². The summed E-state index contributed by atoms with van der Waals surface area (Å²) < 4.78 is 26.9. The minimum Gasteiger partial charge on any atom is -0.310 e. The van der Waals surface area contributed by atoms with Gasteiger partial charge in [0.25, 0.3) is 0 Å². The number of amides is 1. The number of thioether (sulfide) groups is 1. The average Bonchev–Trinajstić information content (AvgIpc) is 3.38. The molecule has 2 aromatic heterocycles. The third kappa shape index (κ3) is 5.16. The van der Waals surface area contributed by atoms with E-state index < -0.39 is 9.84 Å². The van der Waals surface area contributed by atoms with Crippen LogP contribution in [0.2, 0.25) is 0 Å². The van der Waals surface area contributed by atoms with Crippen molar-refractivity contribution < 1.29 is 13.2 Å². The summed E-state index contributed by atoms with van der Waals surface area (Å²) in [6, 6.07) is 11.4. The van der Waals surface area contributed by atoms with E-state index in [9.17, 15) is 13.2 Å². The third-order valence-corrected chi connectivity index (χ3v) is 8.01. The molecule has 9 nitrogen and oxygen atoms in total. The van der Waals surface area contributed by atoms with Gasteiger partial charge in [-0.2, -0.15) is 5.10 Å². The molecule has 0 radical (unpaired) electrons. The Kier molecular flexibility index (Phi) is 6.15. The van der Waals surface area contributed by atoms with Crippen molar-refractivity contribution in [2.24, 2.45) is 13.0 Å². The molecule has 3 heterocycles. The number of carbonyl (C=O) groups is 1. The van der Waals surface area contributed by atoms with Crippen LogP contribution < -0.4 is 5.32 Å². The zero-order valence-corrected chi connectivity index (χ0v) is 19.0. The van der Waals surface area contributed by atoms with Gasteiger partial charge in [-0.05, 0) is 31.4 Å². The molecule has 3 aromatic rings. The maximum Gasteiger partial charge on any atom is 0.236 e. The number of aromatic nitrogens is 5. The van der Waals surface area contributed by atoms with Crippen LogP contribution >= 0.6 is 11.8 Å². The molecule has 1 aromatic carbocycles. The first kappa shape index (κ1) is 21.6. The predicted molar refractivity (Wildman–Crippen MR) is 119 cm³/mol. The second-order valence-corrected chi connectivity index (χ2v) is 10.9. The predicted octanol–water partition coefficient (Wildman–Crippen LogP) is 2.02. The van der Waals surface area contributed by atoms with Gasteiger partial charge in [0.15, 0.2) is 15.0 Å². The lowest BCUT2D eigenvalue weighted by molar-refractivity contribution is -0.113. The van der Waals surface area contributed by atoms with Gasteiger partial charge >= 0.3 is 0 Å². The molecule has 1 fully saturated rings. The number of nitrogens with one attached hydrogen (secondary N) is 1. The zero-order chi connectivity index (χ0) is 22.0. The first-order chi connectivity index (χ1) is 14.8. The maximum absolute atomic E-state index is 12.5. The summed E-state index contributed by atoms with van der Waals surface area (Å²) in [5, 5.41) is 16.4. The maximum atomic E-state index is 12.5. The Bertz CT molecular complexity index is 1190. The van der Waals surface area contributed by atoms with Crippen LogP contribution in [0.1, 0.15) is 17.9 Å². The van der Waals surface area contributed by atoms with Crippen LogP contribution in [0, 0.1) is 12.8 Å². The number of carbonyl (C=O) groups excluding carboxylic acids is 1. The molecule has 31 heavy (non-hydrogen) atoms. The number of anilines is 1. The van der Waals surface area contributed by atoms with Crippen LogP contribution in [0.25, 0.3) is 5.69 Å². The van der Waals surface area contributed by atoms with E-state index in [1.165, 1.54) is 11.8 Å². The Labute approximate surface area is 185 Å². The Morgan fingerprint density at radius 1 is 1.26 bits per heavy atom. The van der Waals surface area contributed by atoms with Crippen molar-refractivity contribution in [3.63, 3.8) is 0 Å². The lowest BCUT2D eigenvalue weighted by atomic mass is 10.1. The molecule has 0 aliphatic carbocycles. The molecular weight excluding hydrogens is 436 g/mol. The van der Waals surface area contributed by atoms with E-state index in [4.69, 9.17) is 0 Å².